The highest BCUT2D eigenvalue weighted by atomic mass is 32.1. The van der Waals surface area contributed by atoms with Crippen LogP contribution in [0.3, 0.4) is 0 Å². The molecule has 0 unspecified atom stereocenters. The molecule has 110 valence electrons. The number of amides is 1. The number of hydrogen-bond donors (Lipinski definition) is 1. The molecule has 2 heterocycles. The minimum atomic E-state index is -0.213. The number of carbonyl (C=O) groups excluding carboxylic acids is 1. The molecule has 0 radical (unpaired) electrons. The highest BCUT2D eigenvalue weighted by Gasteiger charge is 2.08. The molecule has 1 aromatic carbocycles. The molecule has 0 saturated heterocycles. The molecular weight excluding hydrogens is 314 g/mol. The average Bonchev–Trinajstić information content (AvgIpc) is 3.17. The van der Waals surface area contributed by atoms with Gasteiger partial charge in [0.05, 0.1) is 4.88 Å². The lowest BCUT2D eigenvalue weighted by atomic mass is 10.1. The zero-order valence-electron chi connectivity index (χ0n) is 11.8. The number of aryl methyl sites for hydroxylation is 1. The second-order valence-electron chi connectivity index (χ2n) is 4.62. The van der Waals surface area contributed by atoms with Crippen LogP contribution in [-0.4, -0.2) is 16.1 Å². The summed E-state index contributed by atoms with van der Waals surface area (Å²) in [5, 5.41) is 14.1. The Balaban J connectivity index is 1.63. The van der Waals surface area contributed by atoms with Gasteiger partial charge in [0.15, 0.2) is 5.01 Å². The van der Waals surface area contributed by atoms with Gasteiger partial charge in [0.1, 0.15) is 0 Å². The molecule has 6 heteroatoms. The van der Waals surface area contributed by atoms with Crippen molar-refractivity contribution in [1.82, 2.24) is 10.2 Å². The lowest BCUT2D eigenvalue weighted by molar-refractivity contribution is -0.111. The third kappa shape index (κ3) is 3.66. The molecule has 1 amide bonds. The summed E-state index contributed by atoms with van der Waals surface area (Å²) in [6.45, 7) is 2.03. The largest absolute Gasteiger partial charge is 0.297 e. The highest BCUT2D eigenvalue weighted by molar-refractivity contribution is 7.23. The number of benzene rings is 1. The molecule has 0 atom stereocenters. The van der Waals surface area contributed by atoms with Crippen LogP contribution in [0.4, 0.5) is 5.13 Å². The molecule has 3 aromatic rings. The number of aromatic nitrogens is 2. The predicted octanol–water partition coefficient (Wildman–Crippen LogP) is 4.23. The van der Waals surface area contributed by atoms with Crippen molar-refractivity contribution in [1.29, 1.82) is 0 Å². The zero-order chi connectivity index (χ0) is 15.4. The molecular formula is C16H13N3OS2. The Kier molecular flexibility index (Phi) is 4.41. The van der Waals surface area contributed by atoms with Gasteiger partial charge in [-0.3, -0.25) is 10.1 Å². The monoisotopic (exact) mass is 327 g/mol. The first-order valence-electron chi connectivity index (χ1n) is 6.64. The maximum atomic E-state index is 11.9. The number of nitrogens with one attached hydrogen (secondary N) is 1. The first-order valence-corrected chi connectivity index (χ1v) is 8.33. The van der Waals surface area contributed by atoms with Gasteiger partial charge in [-0.2, -0.15) is 0 Å². The van der Waals surface area contributed by atoms with Gasteiger partial charge in [-0.25, -0.2) is 0 Å². The molecule has 0 saturated carbocycles. The van der Waals surface area contributed by atoms with Gasteiger partial charge in [0.25, 0.3) is 0 Å². The van der Waals surface area contributed by atoms with E-state index in [1.54, 1.807) is 17.4 Å². The van der Waals surface area contributed by atoms with E-state index in [2.05, 4.69) is 15.5 Å². The van der Waals surface area contributed by atoms with Crippen molar-refractivity contribution >= 4 is 39.8 Å². The molecule has 22 heavy (non-hydrogen) atoms. The third-order valence-electron chi connectivity index (χ3n) is 2.89. The normalized spacial score (nSPS) is 11.0. The van der Waals surface area contributed by atoms with E-state index in [0.717, 1.165) is 15.4 Å². The maximum absolute atomic E-state index is 11.9. The van der Waals surface area contributed by atoms with E-state index in [1.165, 1.54) is 23.0 Å². The van der Waals surface area contributed by atoms with Crippen LogP contribution in [-0.2, 0) is 4.79 Å². The van der Waals surface area contributed by atoms with E-state index in [1.807, 2.05) is 48.7 Å². The summed E-state index contributed by atoms with van der Waals surface area (Å²) in [6, 6.07) is 11.9. The molecule has 0 fully saturated rings. The molecule has 0 spiro atoms. The smallest absolute Gasteiger partial charge is 0.250 e. The van der Waals surface area contributed by atoms with E-state index in [9.17, 15) is 4.79 Å². The van der Waals surface area contributed by atoms with E-state index >= 15 is 0 Å². The minimum Gasteiger partial charge on any atom is -0.297 e. The fraction of sp³-hybridized carbons (Fsp3) is 0.0625. The lowest BCUT2D eigenvalue weighted by Gasteiger charge is -1.96. The number of rotatable bonds is 4. The Morgan fingerprint density at radius 3 is 2.73 bits per heavy atom. The SMILES string of the molecule is Cc1ccc(/C=C/C(=O)Nc2nnc(-c3cccs3)s2)cc1. The van der Waals surface area contributed by atoms with Crippen LogP contribution < -0.4 is 5.32 Å². The van der Waals surface area contributed by atoms with Crippen molar-refractivity contribution in [3.05, 3.63) is 59.0 Å². The van der Waals surface area contributed by atoms with Crippen molar-refractivity contribution in [3.8, 4) is 9.88 Å². The van der Waals surface area contributed by atoms with Crippen molar-refractivity contribution in [2.45, 2.75) is 6.92 Å². The topological polar surface area (TPSA) is 54.9 Å². The summed E-state index contributed by atoms with van der Waals surface area (Å²) in [4.78, 5) is 12.9. The number of hydrogen-bond acceptors (Lipinski definition) is 5. The van der Waals surface area contributed by atoms with E-state index < -0.39 is 0 Å². The van der Waals surface area contributed by atoms with Crippen molar-refractivity contribution < 1.29 is 4.79 Å². The van der Waals surface area contributed by atoms with Crippen molar-refractivity contribution in [2.24, 2.45) is 0 Å². The molecule has 0 aliphatic carbocycles. The number of thiophene rings is 1. The summed E-state index contributed by atoms with van der Waals surface area (Å²) in [5.74, 6) is -0.213. The summed E-state index contributed by atoms with van der Waals surface area (Å²) in [5.41, 5.74) is 2.17. The Bertz CT molecular complexity index is 789. The van der Waals surface area contributed by atoms with Crippen LogP contribution >= 0.6 is 22.7 Å². The van der Waals surface area contributed by atoms with E-state index in [0.29, 0.717) is 5.13 Å². The van der Waals surface area contributed by atoms with Gasteiger partial charge in [-0.1, -0.05) is 47.2 Å². The summed E-state index contributed by atoms with van der Waals surface area (Å²) < 4.78 is 0. The van der Waals surface area contributed by atoms with Crippen LogP contribution in [0, 0.1) is 6.92 Å². The van der Waals surface area contributed by atoms with Crippen LogP contribution in [0.2, 0.25) is 0 Å². The van der Waals surface area contributed by atoms with Crippen LogP contribution in [0.25, 0.3) is 16.0 Å². The number of anilines is 1. The molecule has 1 N–H and O–H groups in total. The van der Waals surface area contributed by atoms with Crippen LogP contribution in [0.15, 0.2) is 47.9 Å². The molecule has 0 bridgehead atoms. The second-order valence-corrected chi connectivity index (χ2v) is 6.55. The summed E-state index contributed by atoms with van der Waals surface area (Å²) in [6.07, 6.45) is 3.27. The third-order valence-corrected chi connectivity index (χ3v) is 4.77. The molecule has 4 nitrogen and oxygen atoms in total. The number of nitrogens with zero attached hydrogens (tertiary/aromatic N) is 2. The van der Waals surface area contributed by atoms with E-state index in [-0.39, 0.29) is 5.91 Å². The van der Waals surface area contributed by atoms with Gasteiger partial charge in [-0.05, 0) is 30.0 Å². The fourth-order valence-electron chi connectivity index (χ4n) is 1.77. The van der Waals surface area contributed by atoms with Gasteiger partial charge in [0.2, 0.25) is 11.0 Å². The molecule has 2 aromatic heterocycles. The Labute approximate surface area is 136 Å². The first kappa shape index (κ1) is 14.6. The second kappa shape index (κ2) is 6.64. The van der Waals surface area contributed by atoms with Gasteiger partial charge in [0, 0.05) is 6.08 Å². The predicted molar refractivity (Wildman–Crippen MR) is 92.1 cm³/mol. The van der Waals surface area contributed by atoms with Gasteiger partial charge < -0.3 is 0 Å². The quantitative estimate of drug-likeness (QED) is 0.730. The van der Waals surface area contributed by atoms with Gasteiger partial charge in [-0.15, -0.1) is 21.5 Å². The Morgan fingerprint density at radius 1 is 1.18 bits per heavy atom. The van der Waals surface area contributed by atoms with Crippen molar-refractivity contribution in [3.63, 3.8) is 0 Å². The zero-order valence-corrected chi connectivity index (χ0v) is 13.4. The highest BCUT2D eigenvalue weighted by Crippen LogP contribution is 2.29. The Hall–Kier alpha value is -2.31. The average molecular weight is 327 g/mol. The lowest BCUT2D eigenvalue weighted by Crippen LogP contribution is -2.07. The maximum Gasteiger partial charge on any atom is 0.250 e. The number of carbonyl (C=O) groups is 1. The minimum absolute atomic E-state index is 0.213. The summed E-state index contributed by atoms with van der Waals surface area (Å²) in [7, 11) is 0. The Morgan fingerprint density at radius 2 is 2.00 bits per heavy atom. The van der Waals surface area contributed by atoms with Crippen LogP contribution in [0.1, 0.15) is 11.1 Å². The molecule has 3 rings (SSSR count). The summed E-state index contributed by atoms with van der Waals surface area (Å²) >= 11 is 2.96. The fourth-order valence-corrected chi connectivity index (χ4v) is 3.31. The van der Waals surface area contributed by atoms with Crippen LogP contribution in [0.5, 0.6) is 0 Å². The molecule has 0 aliphatic rings. The first-order chi connectivity index (χ1) is 10.7. The molecule has 0 aliphatic heterocycles. The van der Waals surface area contributed by atoms with Crippen molar-refractivity contribution in [2.75, 3.05) is 5.32 Å². The van der Waals surface area contributed by atoms with Gasteiger partial charge >= 0.3 is 0 Å². The van der Waals surface area contributed by atoms with E-state index in [4.69, 9.17) is 0 Å². The standard InChI is InChI=1S/C16H13N3OS2/c1-11-4-6-12(7-5-11)8-9-14(20)17-16-19-18-15(22-16)13-3-2-10-21-13/h2-10H,1H3,(H,17,19,20)/b9-8+.